The van der Waals surface area contributed by atoms with Crippen molar-refractivity contribution < 1.29 is 203 Å². The summed E-state index contributed by atoms with van der Waals surface area (Å²) in [6.07, 6.45) is -81.0. The molecule has 31 heterocycles. The summed E-state index contributed by atoms with van der Waals surface area (Å²) in [5.41, 5.74) is 1.46. The molecule has 27 N–H and O–H groups in total. The van der Waals surface area contributed by atoms with Gasteiger partial charge in [-0.1, -0.05) is 18.2 Å². The quantitative estimate of drug-likeness (QED) is 0.0694. The highest BCUT2D eigenvalue weighted by atomic mass is 16.8. The van der Waals surface area contributed by atoms with Gasteiger partial charge in [0.1, 0.15) is 201 Å². The normalized spacial score (nSPS) is 48.6. The number of rotatable bonds is 16. The number of aromatic nitrogens is 1. The Labute approximate surface area is 594 Å². The molecule has 30 aliphatic rings. The molecule has 0 saturated carbocycles. The van der Waals surface area contributed by atoms with Crippen LogP contribution in [0.5, 0.6) is 0 Å². The number of carboxylic acid groups (broad SMARTS) is 1. The number of aliphatic hydroxyl groups is 23. The Kier molecular flexibility index (Phi) is 28.3. The third-order valence-electron chi connectivity index (χ3n) is 20.2. The number of carbonyl (C=O) groups is 1. The minimum Gasteiger partial charge on any atom is -0.480 e. The summed E-state index contributed by atoms with van der Waals surface area (Å²) < 4.78 is 93.2. The minimum absolute atomic E-state index is 0.0385. The van der Waals surface area contributed by atoms with E-state index in [0.717, 1.165) is 10.9 Å². The van der Waals surface area contributed by atoms with Gasteiger partial charge in [-0.25, -0.2) is 0 Å². The molecule has 30 aliphatic heterocycles. The van der Waals surface area contributed by atoms with Crippen LogP contribution in [0.1, 0.15) is 5.56 Å². The first-order valence-electron chi connectivity index (χ1n) is 34.1. The number of ether oxygens (including phenoxy) is 16. The molecule has 0 unspecified atom stereocenters. The monoisotopic (exact) mass is 1530 g/mol. The predicted octanol–water partition coefficient (Wildman–Crippen LogP) is -16.0. The molecule has 30 saturated heterocycles. The van der Waals surface area contributed by atoms with Crippen molar-refractivity contribution in [3.8, 4) is 0 Å². The number of carboxylic acids is 1. The molecule has 1 aromatic carbocycles. The second-order valence-electron chi connectivity index (χ2n) is 26.9. The van der Waals surface area contributed by atoms with E-state index >= 15 is 0 Å². The molecule has 41 atom stereocenters. The zero-order valence-electron chi connectivity index (χ0n) is 55.5. The van der Waals surface area contributed by atoms with Crippen molar-refractivity contribution in [1.29, 1.82) is 0 Å². The maximum absolute atomic E-state index is 12.5. The number of hydrogen-bond acceptors (Lipinski definition) is 42. The van der Waals surface area contributed by atoms with E-state index in [1.807, 2.05) is 12.1 Å². The predicted molar refractivity (Wildman–Crippen MR) is 328 cm³/mol. The van der Waals surface area contributed by atoms with Crippen LogP contribution in [0, 0.1) is 0 Å². The van der Waals surface area contributed by atoms with Crippen LogP contribution < -0.4 is 10.6 Å². The fraction of sp³-hybridized carbons (Fsp3) is 0.852. The fourth-order valence-corrected chi connectivity index (χ4v) is 14.3. The molecule has 30 fully saturated rings. The van der Waals surface area contributed by atoms with Gasteiger partial charge in [0, 0.05) is 43.2 Å². The smallest absolute Gasteiger partial charge is 0.321 e. The van der Waals surface area contributed by atoms with Gasteiger partial charge < -0.3 is 214 Å². The highest BCUT2D eigenvalue weighted by Crippen LogP contribution is 2.40. The Morgan fingerprint density at radius 2 is 0.571 bits per heavy atom. The molecule has 600 valence electrons. The lowest BCUT2D eigenvalue weighted by Gasteiger charge is -2.50. The van der Waals surface area contributed by atoms with E-state index in [2.05, 4.69) is 15.6 Å². The van der Waals surface area contributed by atoms with Gasteiger partial charge in [-0.2, -0.15) is 0 Å². The van der Waals surface area contributed by atoms with Gasteiger partial charge in [-0.15, -0.1) is 0 Å². The van der Waals surface area contributed by atoms with Crippen LogP contribution >= 0.6 is 0 Å². The number of hydrogen-bond donors (Lipinski definition) is 27. The first-order chi connectivity index (χ1) is 50.2. The number of aliphatic hydroxyl groups excluding tert-OH is 23. The van der Waals surface area contributed by atoms with Crippen LogP contribution in [0.15, 0.2) is 30.5 Å². The Bertz CT molecular complexity index is 3010. The van der Waals surface area contributed by atoms with Crippen LogP contribution in [-0.2, 0) is 87.0 Å². The van der Waals surface area contributed by atoms with Crippen molar-refractivity contribution in [2.75, 3.05) is 65.9 Å². The lowest BCUT2D eigenvalue weighted by molar-refractivity contribution is -0.403. The molecule has 105 heavy (non-hydrogen) atoms. The third kappa shape index (κ3) is 17.2. The topological polar surface area (TPSA) is 690 Å². The fourth-order valence-electron chi connectivity index (χ4n) is 14.3. The molecular weight excluding hydrogens is 1430 g/mol. The van der Waals surface area contributed by atoms with Gasteiger partial charge in [-0.3, -0.25) is 4.79 Å². The van der Waals surface area contributed by atoms with Gasteiger partial charge in [0.2, 0.25) is 0 Å². The molecule has 32 rings (SSSR count). The second-order valence-corrected chi connectivity index (χ2v) is 26.9. The largest absolute Gasteiger partial charge is 0.480 e. The average molecular weight is 1530 g/mol. The van der Waals surface area contributed by atoms with Gasteiger partial charge in [0.05, 0.1) is 46.2 Å². The Hall–Kier alpha value is -3.41. The van der Waals surface area contributed by atoms with Crippen molar-refractivity contribution in [2.45, 2.75) is 258 Å². The van der Waals surface area contributed by atoms with E-state index in [4.69, 9.17) is 75.8 Å². The van der Waals surface area contributed by atoms with Crippen molar-refractivity contribution >= 4 is 16.9 Å². The third-order valence-corrected chi connectivity index (χ3v) is 20.2. The molecule has 2 aromatic rings. The zero-order valence-corrected chi connectivity index (χ0v) is 55.5. The van der Waals surface area contributed by atoms with Crippen molar-refractivity contribution in [3.63, 3.8) is 0 Å². The number of aromatic amines is 1. The molecule has 0 aliphatic carbocycles. The molecule has 1 aromatic heterocycles. The maximum atomic E-state index is 12.5. The number of nitrogens with one attached hydrogen (secondary N) is 3. The lowest BCUT2D eigenvalue weighted by Crippen LogP contribution is -2.69. The maximum Gasteiger partial charge on any atom is 0.321 e. The summed E-state index contributed by atoms with van der Waals surface area (Å²) in [5.74, 6) is -1.20. The molecule has 0 spiro atoms. The van der Waals surface area contributed by atoms with E-state index in [0.29, 0.717) is 5.56 Å². The number of para-hydroxylation sites is 1. The highest BCUT2D eigenvalue weighted by Gasteiger charge is 2.60. The van der Waals surface area contributed by atoms with Crippen molar-refractivity contribution in [3.05, 3.63) is 36.0 Å². The Morgan fingerprint density at radius 1 is 0.333 bits per heavy atom. The molecular formula is C61H95N3O41. The van der Waals surface area contributed by atoms with Crippen LogP contribution in [0.25, 0.3) is 10.9 Å². The van der Waals surface area contributed by atoms with Crippen molar-refractivity contribution in [2.24, 2.45) is 0 Å². The first-order valence-corrected chi connectivity index (χ1v) is 34.1. The van der Waals surface area contributed by atoms with Gasteiger partial charge in [0.15, 0.2) is 50.3 Å². The highest BCUT2D eigenvalue weighted by molar-refractivity contribution is 5.84. The number of benzene rings is 1. The first kappa shape index (κ1) is 82.5. The molecule has 16 bridgehead atoms. The van der Waals surface area contributed by atoms with Crippen LogP contribution in [0.2, 0.25) is 0 Å². The molecule has 0 amide bonds. The SMILES string of the molecule is O=C(O)[C@H](Cc1c[nH]c2ccccc12)NCCNC[C@@H]1O[C@@H]2O[C@H]3[C@H](O)[C@H](O)[C@@H](O[C@H]4[C@H](O)[C@@H](O)[C@@H](O[C@H]5[C@H](O)[C@@H](O)[C@@H](O[C@H]6[C@H](O)[C@@H](O)[C@@H](O[C@H]7[C@H](O)[C@@H](O)[C@@H](O[C@H]8[C@H](O)[C@@H](O)[C@@H](O[C@H]9[C@H](O)[C@@H](O)[C@@H](O[C@H]1[C@H](O)[C@H]2O)O[C@@H]9CO)O[C@H]8CO)O[C@H]7CO)O[C@@H]6CO)O[C@@H]5CO)O[C@@H]4CO)O[C@@H]3CO. The second kappa shape index (κ2) is 35.9. The van der Waals surface area contributed by atoms with Crippen LogP contribution in [0.3, 0.4) is 0 Å². The van der Waals surface area contributed by atoms with Crippen LogP contribution in [0.4, 0.5) is 0 Å². The average Bonchev–Trinajstić information content (AvgIpc) is 1.63. The summed E-state index contributed by atoms with van der Waals surface area (Å²) in [5, 5.41) is 276. The van der Waals surface area contributed by atoms with Crippen LogP contribution in [-0.4, -0.2) is 451 Å². The summed E-state index contributed by atoms with van der Waals surface area (Å²) in [7, 11) is 0. The molecule has 44 nitrogen and oxygen atoms in total. The van der Waals surface area contributed by atoms with E-state index in [9.17, 15) is 127 Å². The standard InChI is InChI=1S/C61H95N3O41/c65-10-22-46-31(74)39(82)56(92-22)101-48-24(12-67)94-58(41(84)33(48)76)103-50-26(14-69)96-60(43(86)35(50)78)105-52-28(16-71)97-61(44(87)36(52)79)104-51-27(15-70)95-59(42(85)34(51)77)102-49-25(13-68)93-57(40(83)32(49)75)100-47-23(11-66)91-55(38(81)30(47)73)98-45-21(90-54(99-46)37(80)29(45)72)9-62-5-6-63-20(53(88)89)7-17-8-64-19-4-2-1-3-18(17)19/h1-4,8,20-52,54-87H,5-7,9-16H2,(H,88,89)/t20-,21-,22+,23+,24+,25-,26+,27-,28+,29+,30+,31+,32+,33+,34+,35+,36+,37+,38+,39-,40+,41+,42+,43+,44+,45+,46+,47+,48+,49+,50+,51+,52+,54+,55+,56+,57+,58+,59+,60+,61+/m0/s1. The summed E-state index contributed by atoms with van der Waals surface area (Å²) in [6.45, 7) is -8.24. The summed E-state index contributed by atoms with van der Waals surface area (Å²) in [6, 6.07) is 6.09. The van der Waals surface area contributed by atoms with Crippen molar-refractivity contribution in [1.82, 2.24) is 15.6 Å². The van der Waals surface area contributed by atoms with Gasteiger partial charge in [-0.05, 0) is 11.6 Å². The lowest BCUT2D eigenvalue weighted by atomic mass is 9.94. The number of H-pyrrole nitrogens is 1. The summed E-state index contributed by atoms with van der Waals surface area (Å²) in [4.78, 5) is 15.6. The molecule has 0 radical (unpaired) electrons. The Balaban J connectivity index is 0.852. The van der Waals surface area contributed by atoms with Gasteiger partial charge in [0.25, 0.3) is 0 Å². The van der Waals surface area contributed by atoms with E-state index in [1.165, 1.54) is 0 Å². The Morgan fingerprint density at radius 3 is 0.819 bits per heavy atom. The number of aliphatic carboxylic acids is 1. The van der Waals surface area contributed by atoms with E-state index in [1.54, 1.807) is 18.3 Å². The van der Waals surface area contributed by atoms with Gasteiger partial charge >= 0.3 is 5.97 Å². The zero-order chi connectivity index (χ0) is 75.7. The van der Waals surface area contributed by atoms with E-state index in [-0.39, 0.29) is 19.5 Å². The number of fused-ring (bicyclic) bond motifs is 1. The van der Waals surface area contributed by atoms with E-state index < -0.39 is 310 Å². The minimum atomic E-state index is -2.28. The summed E-state index contributed by atoms with van der Waals surface area (Å²) >= 11 is 0. The molecule has 44 heteroatoms.